The maximum atomic E-state index is 11.8. The Hall–Kier alpha value is -0.813. The molecule has 0 aromatic rings. The highest BCUT2D eigenvalue weighted by Crippen LogP contribution is 2.18. The van der Waals surface area contributed by atoms with Crippen LogP contribution in [0, 0.1) is 0 Å². The van der Waals surface area contributed by atoms with Crippen molar-refractivity contribution >= 4 is 14.4 Å². The van der Waals surface area contributed by atoms with Gasteiger partial charge in [0, 0.05) is 6.20 Å². The third-order valence-corrected chi connectivity index (χ3v) is 3.00. The molecule has 0 aromatic carbocycles. The number of hydrogen-bond donors (Lipinski definition) is 0. The summed E-state index contributed by atoms with van der Waals surface area (Å²) in [6.07, 6.45) is 3.37. The van der Waals surface area contributed by atoms with Gasteiger partial charge in [-0.3, -0.25) is 4.90 Å². The van der Waals surface area contributed by atoms with E-state index in [1.54, 1.807) is 11.1 Å². The smallest absolute Gasteiger partial charge is 0.414 e. The number of nitrogens with zero attached hydrogens (tertiary/aromatic N) is 1. The van der Waals surface area contributed by atoms with Gasteiger partial charge in [-0.25, -0.2) is 4.79 Å². The monoisotopic (exact) mass is 257 g/mol. The van der Waals surface area contributed by atoms with Crippen molar-refractivity contribution < 1.29 is 14.0 Å². The van der Waals surface area contributed by atoms with Gasteiger partial charge in [-0.05, 0) is 46.5 Å². The summed E-state index contributed by atoms with van der Waals surface area (Å²) >= 11 is 0. The molecule has 0 radical (unpaired) electrons. The summed E-state index contributed by atoms with van der Waals surface area (Å²) < 4.78 is 11.2. The van der Waals surface area contributed by atoms with Crippen molar-refractivity contribution in [1.29, 1.82) is 0 Å². The molecule has 0 bridgehead atoms. The predicted octanol–water partition coefficient (Wildman–Crippen LogP) is 2.97. The molecule has 98 valence electrons. The molecule has 4 nitrogen and oxygen atoms in total. The zero-order chi connectivity index (χ0) is 13.3. The summed E-state index contributed by atoms with van der Waals surface area (Å²) in [5, 5.41) is 0. The lowest BCUT2D eigenvalue weighted by molar-refractivity contribution is 0.0317. The standard InChI is InChI=1S/C12H23NO3Si/c1-12(2,3)15-11(14)13-8-7-10(9-13)16-17(4,5)6/h7-8,10H,9H2,1-6H3. The first-order valence-electron chi connectivity index (χ1n) is 5.93. The second-order valence-electron chi connectivity index (χ2n) is 6.24. The van der Waals surface area contributed by atoms with Crippen LogP contribution in [0.3, 0.4) is 0 Å². The molecule has 0 spiro atoms. The molecule has 0 saturated heterocycles. The highest BCUT2D eigenvalue weighted by molar-refractivity contribution is 6.69. The van der Waals surface area contributed by atoms with Gasteiger partial charge in [0.05, 0.1) is 12.6 Å². The van der Waals surface area contributed by atoms with Crippen LogP contribution in [0.5, 0.6) is 0 Å². The van der Waals surface area contributed by atoms with Crippen LogP contribution >= 0.6 is 0 Å². The van der Waals surface area contributed by atoms with Crippen LogP contribution in [0.25, 0.3) is 0 Å². The summed E-state index contributed by atoms with van der Waals surface area (Å²) in [5.74, 6) is 0. The first kappa shape index (κ1) is 14.2. The number of carbonyl (C=O) groups is 1. The molecule has 0 aromatic heterocycles. The van der Waals surface area contributed by atoms with Crippen molar-refractivity contribution in [2.45, 2.75) is 52.1 Å². The van der Waals surface area contributed by atoms with Gasteiger partial charge in [-0.15, -0.1) is 0 Å². The molecule has 1 unspecified atom stereocenters. The zero-order valence-corrected chi connectivity index (χ0v) is 12.6. The third kappa shape index (κ3) is 5.36. The van der Waals surface area contributed by atoms with Crippen molar-refractivity contribution in [3.8, 4) is 0 Å². The van der Waals surface area contributed by atoms with Gasteiger partial charge in [0.25, 0.3) is 0 Å². The van der Waals surface area contributed by atoms with Crippen molar-refractivity contribution in [2.24, 2.45) is 0 Å². The summed E-state index contributed by atoms with van der Waals surface area (Å²) in [4.78, 5) is 13.3. The number of hydrogen-bond acceptors (Lipinski definition) is 3. The van der Waals surface area contributed by atoms with Gasteiger partial charge in [0.2, 0.25) is 0 Å². The molecule has 0 aliphatic carbocycles. The van der Waals surface area contributed by atoms with Gasteiger partial charge in [-0.2, -0.15) is 0 Å². The first-order chi connectivity index (χ1) is 7.57. The van der Waals surface area contributed by atoms with E-state index in [1.807, 2.05) is 26.8 Å². The van der Waals surface area contributed by atoms with E-state index in [2.05, 4.69) is 19.6 Å². The number of amides is 1. The van der Waals surface area contributed by atoms with Crippen molar-refractivity contribution in [1.82, 2.24) is 4.90 Å². The fourth-order valence-corrected chi connectivity index (χ4v) is 2.56. The lowest BCUT2D eigenvalue weighted by atomic mass is 10.2. The zero-order valence-electron chi connectivity index (χ0n) is 11.6. The molecule has 5 heteroatoms. The predicted molar refractivity (Wildman–Crippen MR) is 70.3 cm³/mol. The molecular weight excluding hydrogens is 234 g/mol. The van der Waals surface area contributed by atoms with E-state index in [0.717, 1.165) is 0 Å². The lowest BCUT2D eigenvalue weighted by Crippen LogP contribution is -2.38. The van der Waals surface area contributed by atoms with Crippen molar-refractivity contribution in [2.75, 3.05) is 6.54 Å². The van der Waals surface area contributed by atoms with Gasteiger partial charge in [0.1, 0.15) is 5.60 Å². The fraction of sp³-hybridized carbons (Fsp3) is 0.750. The second-order valence-corrected chi connectivity index (χ2v) is 10.7. The van der Waals surface area contributed by atoms with E-state index >= 15 is 0 Å². The molecule has 1 amide bonds. The van der Waals surface area contributed by atoms with E-state index in [9.17, 15) is 4.79 Å². The van der Waals surface area contributed by atoms with E-state index < -0.39 is 13.9 Å². The van der Waals surface area contributed by atoms with Crippen LogP contribution in [-0.4, -0.2) is 37.6 Å². The molecule has 0 saturated carbocycles. The van der Waals surface area contributed by atoms with E-state index in [4.69, 9.17) is 9.16 Å². The summed E-state index contributed by atoms with van der Waals surface area (Å²) in [6.45, 7) is 12.5. The minimum atomic E-state index is -1.56. The Morgan fingerprint density at radius 3 is 2.41 bits per heavy atom. The van der Waals surface area contributed by atoms with Gasteiger partial charge >= 0.3 is 6.09 Å². The van der Waals surface area contributed by atoms with Crippen LogP contribution in [-0.2, 0) is 9.16 Å². The third-order valence-electron chi connectivity index (χ3n) is 1.99. The Bertz CT molecular complexity index is 315. The molecule has 1 aliphatic rings. The average Bonchev–Trinajstić information content (AvgIpc) is 2.45. The molecule has 0 fully saturated rings. The Balaban J connectivity index is 2.47. The summed E-state index contributed by atoms with van der Waals surface area (Å²) in [5.41, 5.74) is -0.456. The molecule has 1 aliphatic heterocycles. The minimum Gasteiger partial charge on any atom is -0.443 e. The second kappa shape index (κ2) is 4.82. The topological polar surface area (TPSA) is 38.8 Å². The van der Waals surface area contributed by atoms with E-state index in [1.165, 1.54) is 0 Å². The van der Waals surface area contributed by atoms with Crippen LogP contribution in [0.2, 0.25) is 19.6 Å². The largest absolute Gasteiger partial charge is 0.443 e. The number of ether oxygens (including phenoxy) is 1. The lowest BCUT2D eigenvalue weighted by Gasteiger charge is -2.26. The quantitative estimate of drug-likeness (QED) is 0.714. The van der Waals surface area contributed by atoms with E-state index in [-0.39, 0.29) is 12.2 Å². The molecule has 1 atom stereocenters. The average molecular weight is 257 g/mol. The highest BCUT2D eigenvalue weighted by Gasteiger charge is 2.29. The summed E-state index contributed by atoms with van der Waals surface area (Å²) in [7, 11) is -1.56. The van der Waals surface area contributed by atoms with Crippen LogP contribution in [0.1, 0.15) is 20.8 Å². The summed E-state index contributed by atoms with van der Waals surface area (Å²) in [6, 6.07) is 0. The van der Waals surface area contributed by atoms with Crippen LogP contribution < -0.4 is 0 Å². The first-order valence-corrected chi connectivity index (χ1v) is 9.33. The molecule has 17 heavy (non-hydrogen) atoms. The Morgan fingerprint density at radius 2 is 1.94 bits per heavy atom. The van der Waals surface area contributed by atoms with Gasteiger partial charge in [-0.1, -0.05) is 0 Å². The molecule has 1 rings (SSSR count). The SMILES string of the molecule is CC(C)(C)OC(=O)N1C=CC(O[Si](C)(C)C)C1. The molecule has 0 N–H and O–H groups in total. The van der Waals surface area contributed by atoms with Crippen LogP contribution in [0.15, 0.2) is 12.3 Å². The molecule has 1 heterocycles. The Labute approximate surface area is 105 Å². The molecular formula is C12H23NO3Si. The Kier molecular flexibility index (Phi) is 4.04. The van der Waals surface area contributed by atoms with Crippen molar-refractivity contribution in [3.05, 3.63) is 12.3 Å². The van der Waals surface area contributed by atoms with Gasteiger partial charge < -0.3 is 9.16 Å². The van der Waals surface area contributed by atoms with Gasteiger partial charge in [0.15, 0.2) is 8.32 Å². The maximum Gasteiger partial charge on any atom is 0.414 e. The van der Waals surface area contributed by atoms with Crippen LogP contribution in [0.4, 0.5) is 4.79 Å². The maximum absolute atomic E-state index is 11.8. The van der Waals surface area contributed by atoms with Crippen molar-refractivity contribution in [3.63, 3.8) is 0 Å². The fourth-order valence-electron chi connectivity index (χ4n) is 1.50. The normalized spacial score (nSPS) is 20.8. The number of rotatable bonds is 2. The Morgan fingerprint density at radius 1 is 1.35 bits per heavy atom. The minimum absolute atomic E-state index is 0.00850. The van der Waals surface area contributed by atoms with E-state index in [0.29, 0.717) is 6.54 Å². The highest BCUT2D eigenvalue weighted by atomic mass is 28.4. The number of carbonyl (C=O) groups excluding carboxylic acids is 1.